The summed E-state index contributed by atoms with van der Waals surface area (Å²) in [5, 5.41) is 9.87. The number of nitrogens with two attached hydrogens (primary N) is 1. The van der Waals surface area contributed by atoms with E-state index < -0.39 is 9.84 Å². The minimum atomic E-state index is -3.73. The number of rotatable bonds is 2. The van der Waals surface area contributed by atoms with Crippen LogP contribution in [-0.2, 0) is 9.84 Å². The summed E-state index contributed by atoms with van der Waals surface area (Å²) < 4.78 is 25.4. The van der Waals surface area contributed by atoms with Crippen molar-refractivity contribution < 1.29 is 13.5 Å². The Bertz CT molecular complexity index is 919. The molecule has 1 heterocycles. The monoisotopic (exact) mass is 300 g/mol. The van der Waals surface area contributed by atoms with Gasteiger partial charge in [0.25, 0.3) is 0 Å². The van der Waals surface area contributed by atoms with E-state index >= 15 is 0 Å². The number of benzene rings is 2. The van der Waals surface area contributed by atoms with Crippen LogP contribution in [0.25, 0.3) is 10.9 Å². The van der Waals surface area contributed by atoms with Gasteiger partial charge in [-0.1, -0.05) is 0 Å². The molecule has 0 atom stereocenters. The maximum absolute atomic E-state index is 12.7. The van der Waals surface area contributed by atoms with Gasteiger partial charge in [-0.2, -0.15) is 0 Å². The predicted octanol–water partition coefficient (Wildman–Crippen LogP) is 2.36. The van der Waals surface area contributed by atoms with Gasteiger partial charge >= 0.3 is 0 Å². The Kier molecular flexibility index (Phi) is 3.03. The van der Waals surface area contributed by atoms with Crippen LogP contribution >= 0.6 is 0 Å². The van der Waals surface area contributed by atoms with Gasteiger partial charge in [0.1, 0.15) is 5.75 Å². The summed E-state index contributed by atoms with van der Waals surface area (Å²) in [7, 11) is -3.73. The van der Waals surface area contributed by atoms with Crippen molar-refractivity contribution in [2.45, 2.75) is 9.79 Å². The maximum Gasteiger partial charge on any atom is 0.208 e. The summed E-state index contributed by atoms with van der Waals surface area (Å²) in [6.07, 6.45) is 1.53. The first-order valence-electron chi connectivity index (χ1n) is 6.17. The zero-order chi connectivity index (χ0) is 15.0. The van der Waals surface area contributed by atoms with E-state index in [0.29, 0.717) is 16.6 Å². The molecular formula is C15H12N2O3S. The molecule has 0 saturated carbocycles. The van der Waals surface area contributed by atoms with Crippen molar-refractivity contribution in [3.05, 3.63) is 54.7 Å². The fraction of sp³-hybridized carbons (Fsp3) is 0. The molecule has 0 aliphatic rings. The number of hydrogen-bond acceptors (Lipinski definition) is 5. The van der Waals surface area contributed by atoms with Crippen molar-refractivity contribution >= 4 is 26.4 Å². The first kappa shape index (κ1) is 13.4. The van der Waals surface area contributed by atoms with Gasteiger partial charge in [-0.3, -0.25) is 4.98 Å². The van der Waals surface area contributed by atoms with Gasteiger partial charge in [0, 0.05) is 17.3 Å². The Morgan fingerprint density at radius 1 is 1.00 bits per heavy atom. The van der Waals surface area contributed by atoms with E-state index in [4.69, 9.17) is 5.73 Å². The number of aromatic hydroxyl groups is 1. The Balaban J connectivity index is 2.29. The molecule has 2 aromatic carbocycles. The fourth-order valence-corrected chi connectivity index (χ4v) is 3.55. The van der Waals surface area contributed by atoms with Crippen molar-refractivity contribution in [2.24, 2.45) is 0 Å². The molecular weight excluding hydrogens is 288 g/mol. The summed E-state index contributed by atoms with van der Waals surface area (Å²) in [5.41, 5.74) is 6.67. The molecule has 106 valence electrons. The second-order valence-corrected chi connectivity index (χ2v) is 6.47. The summed E-state index contributed by atoms with van der Waals surface area (Å²) in [6, 6.07) is 11.8. The van der Waals surface area contributed by atoms with Gasteiger partial charge < -0.3 is 10.8 Å². The van der Waals surface area contributed by atoms with E-state index in [1.807, 2.05) is 0 Å². The highest BCUT2D eigenvalue weighted by molar-refractivity contribution is 7.91. The van der Waals surface area contributed by atoms with Crippen LogP contribution in [0, 0.1) is 0 Å². The number of hydrogen-bond donors (Lipinski definition) is 2. The molecule has 0 spiro atoms. The molecule has 0 saturated heterocycles. The van der Waals surface area contributed by atoms with E-state index in [9.17, 15) is 13.5 Å². The quantitative estimate of drug-likeness (QED) is 0.709. The highest BCUT2D eigenvalue weighted by Gasteiger charge is 2.21. The summed E-state index contributed by atoms with van der Waals surface area (Å²) >= 11 is 0. The lowest BCUT2D eigenvalue weighted by Gasteiger charge is -2.09. The first-order chi connectivity index (χ1) is 10.00. The van der Waals surface area contributed by atoms with Crippen LogP contribution in [0.5, 0.6) is 5.75 Å². The molecule has 6 heteroatoms. The summed E-state index contributed by atoms with van der Waals surface area (Å²) in [6.45, 7) is 0. The molecule has 0 radical (unpaired) electrons. The highest BCUT2D eigenvalue weighted by atomic mass is 32.2. The Hall–Kier alpha value is -2.60. The molecule has 0 unspecified atom stereocenters. The van der Waals surface area contributed by atoms with Crippen LogP contribution in [0.2, 0.25) is 0 Å². The third-order valence-electron chi connectivity index (χ3n) is 3.20. The largest absolute Gasteiger partial charge is 0.508 e. The van der Waals surface area contributed by atoms with Gasteiger partial charge in [-0.25, -0.2) is 8.42 Å². The average molecular weight is 300 g/mol. The van der Waals surface area contributed by atoms with Gasteiger partial charge in [0.05, 0.1) is 15.3 Å². The number of nitrogen functional groups attached to an aromatic ring is 1. The van der Waals surface area contributed by atoms with Crippen molar-refractivity contribution in [2.75, 3.05) is 5.73 Å². The number of phenols is 1. The van der Waals surface area contributed by atoms with Crippen LogP contribution in [-0.4, -0.2) is 18.5 Å². The lowest BCUT2D eigenvalue weighted by Crippen LogP contribution is -2.04. The van der Waals surface area contributed by atoms with Crippen LogP contribution in [0.4, 0.5) is 5.69 Å². The third kappa shape index (κ3) is 2.19. The molecule has 0 aliphatic heterocycles. The Labute approximate surface area is 121 Å². The molecule has 0 bridgehead atoms. The lowest BCUT2D eigenvalue weighted by atomic mass is 10.2. The van der Waals surface area contributed by atoms with Gasteiger partial charge in [0.15, 0.2) is 0 Å². The summed E-state index contributed by atoms with van der Waals surface area (Å²) in [5.74, 6) is 0.00855. The first-order valence-corrected chi connectivity index (χ1v) is 7.66. The van der Waals surface area contributed by atoms with Crippen LogP contribution < -0.4 is 5.73 Å². The standard InChI is InChI=1S/C15H12N2O3S/c16-13-7-8-14(15-12(13)2-1-9-17-15)21(19,20)11-5-3-10(18)4-6-11/h1-9,18H,16H2. The summed E-state index contributed by atoms with van der Waals surface area (Å²) in [4.78, 5) is 4.33. The van der Waals surface area contributed by atoms with E-state index in [0.717, 1.165) is 0 Å². The minimum Gasteiger partial charge on any atom is -0.508 e. The normalized spacial score (nSPS) is 11.6. The van der Waals surface area contributed by atoms with Gasteiger partial charge in [-0.05, 0) is 48.5 Å². The zero-order valence-corrected chi connectivity index (χ0v) is 11.7. The SMILES string of the molecule is Nc1ccc(S(=O)(=O)c2ccc(O)cc2)c2ncccc12. The van der Waals surface area contributed by atoms with Crippen LogP contribution in [0.15, 0.2) is 64.5 Å². The van der Waals surface area contributed by atoms with Crippen LogP contribution in [0.3, 0.4) is 0 Å². The average Bonchev–Trinajstić information content (AvgIpc) is 2.48. The molecule has 1 aromatic heterocycles. The molecule has 0 amide bonds. The number of aromatic nitrogens is 1. The lowest BCUT2D eigenvalue weighted by molar-refractivity contribution is 0.475. The second-order valence-electron chi connectivity index (χ2n) is 4.55. The second kappa shape index (κ2) is 4.75. The van der Waals surface area contributed by atoms with E-state index in [1.165, 1.54) is 36.5 Å². The number of nitrogens with zero attached hydrogens (tertiary/aromatic N) is 1. The molecule has 3 N–H and O–H groups in total. The smallest absolute Gasteiger partial charge is 0.208 e. The Morgan fingerprint density at radius 2 is 1.71 bits per heavy atom. The topological polar surface area (TPSA) is 93.3 Å². The third-order valence-corrected chi connectivity index (χ3v) is 5.00. The minimum absolute atomic E-state index is 0.00855. The number of phenolic OH excluding ortho intramolecular Hbond substituents is 1. The van der Waals surface area contributed by atoms with Crippen LogP contribution in [0.1, 0.15) is 0 Å². The van der Waals surface area contributed by atoms with E-state index in [2.05, 4.69) is 4.98 Å². The highest BCUT2D eigenvalue weighted by Crippen LogP contribution is 2.30. The van der Waals surface area contributed by atoms with Gasteiger partial charge in [-0.15, -0.1) is 0 Å². The molecule has 3 rings (SSSR count). The van der Waals surface area contributed by atoms with Crippen molar-refractivity contribution in [3.63, 3.8) is 0 Å². The van der Waals surface area contributed by atoms with E-state index in [1.54, 1.807) is 18.2 Å². The molecule has 21 heavy (non-hydrogen) atoms. The fourth-order valence-electron chi connectivity index (χ4n) is 2.14. The Morgan fingerprint density at radius 3 is 2.43 bits per heavy atom. The molecule has 5 nitrogen and oxygen atoms in total. The van der Waals surface area contributed by atoms with Gasteiger partial charge in [0.2, 0.25) is 9.84 Å². The number of sulfone groups is 1. The molecule has 0 aliphatic carbocycles. The molecule has 3 aromatic rings. The molecule has 0 fully saturated rings. The number of fused-ring (bicyclic) bond motifs is 1. The van der Waals surface area contributed by atoms with Crippen molar-refractivity contribution in [1.82, 2.24) is 4.98 Å². The van der Waals surface area contributed by atoms with Crippen molar-refractivity contribution in [1.29, 1.82) is 0 Å². The maximum atomic E-state index is 12.7. The van der Waals surface area contributed by atoms with E-state index in [-0.39, 0.29) is 15.5 Å². The predicted molar refractivity (Wildman–Crippen MR) is 79.7 cm³/mol. The number of anilines is 1. The van der Waals surface area contributed by atoms with Crippen molar-refractivity contribution in [3.8, 4) is 5.75 Å². The number of pyridine rings is 1. The zero-order valence-electron chi connectivity index (χ0n) is 10.9.